The molecule has 1 saturated heterocycles. The van der Waals surface area contributed by atoms with Crippen LogP contribution in [0.5, 0.6) is 11.5 Å². The second-order valence-electron chi connectivity index (χ2n) is 4.57. The molecule has 1 atom stereocenters. The Morgan fingerprint density at radius 1 is 1.24 bits per heavy atom. The van der Waals surface area contributed by atoms with E-state index >= 15 is 0 Å². The topological polar surface area (TPSA) is 30.5 Å². The zero-order valence-electron chi connectivity index (χ0n) is 9.67. The van der Waals surface area contributed by atoms with Crippen LogP contribution in [0.1, 0.15) is 24.3 Å². The van der Waals surface area contributed by atoms with Gasteiger partial charge >= 0.3 is 0 Å². The molecule has 0 aromatic heterocycles. The van der Waals surface area contributed by atoms with Crippen LogP contribution < -0.4 is 14.8 Å². The summed E-state index contributed by atoms with van der Waals surface area (Å²) < 4.78 is 12.5. The smallest absolute Gasteiger partial charge is 0.175 e. The quantitative estimate of drug-likeness (QED) is 0.864. The first-order valence-electron chi connectivity index (χ1n) is 6.14. The number of fused-ring (bicyclic) bond motifs is 1. The van der Waals surface area contributed by atoms with Gasteiger partial charge in [0.25, 0.3) is 0 Å². The van der Waals surface area contributed by atoms with Gasteiger partial charge in [0.05, 0.1) is 17.7 Å². The van der Waals surface area contributed by atoms with E-state index in [9.17, 15) is 0 Å². The lowest BCUT2D eigenvalue weighted by Gasteiger charge is -2.15. The molecule has 1 fully saturated rings. The summed E-state index contributed by atoms with van der Waals surface area (Å²) in [5.74, 6) is 2.35. The van der Waals surface area contributed by atoms with Crippen molar-refractivity contribution >= 4 is 15.9 Å². The molecule has 2 aliphatic heterocycles. The fourth-order valence-electron chi connectivity index (χ4n) is 2.43. The van der Waals surface area contributed by atoms with Crippen LogP contribution in [0.4, 0.5) is 0 Å². The second kappa shape index (κ2) is 4.86. The minimum atomic E-state index is 0.600. The van der Waals surface area contributed by atoms with Crippen molar-refractivity contribution in [3.8, 4) is 11.5 Å². The van der Waals surface area contributed by atoms with Gasteiger partial charge in [-0.05, 0) is 52.5 Å². The number of ether oxygens (including phenoxy) is 2. The van der Waals surface area contributed by atoms with Crippen LogP contribution in [-0.4, -0.2) is 26.3 Å². The number of hydrogen-bond acceptors (Lipinski definition) is 3. The Kier molecular flexibility index (Phi) is 3.25. The Balaban J connectivity index is 1.96. The molecule has 0 spiro atoms. The summed E-state index contributed by atoms with van der Waals surface area (Å²) in [6.07, 6.45) is 2.15. The van der Waals surface area contributed by atoms with Crippen molar-refractivity contribution < 1.29 is 9.47 Å². The highest BCUT2D eigenvalue weighted by Crippen LogP contribution is 2.40. The maximum atomic E-state index is 5.75. The summed E-state index contributed by atoms with van der Waals surface area (Å²) in [4.78, 5) is 0. The molecule has 2 aliphatic rings. The van der Waals surface area contributed by atoms with Gasteiger partial charge in [-0.3, -0.25) is 0 Å². The fraction of sp³-hybridized carbons (Fsp3) is 0.538. The Morgan fingerprint density at radius 2 is 2.12 bits per heavy atom. The van der Waals surface area contributed by atoms with Crippen molar-refractivity contribution in [1.82, 2.24) is 5.32 Å². The van der Waals surface area contributed by atoms with E-state index in [0.29, 0.717) is 5.92 Å². The van der Waals surface area contributed by atoms with Crippen molar-refractivity contribution in [2.75, 3.05) is 26.3 Å². The van der Waals surface area contributed by atoms with E-state index in [0.717, 1.165) is 48.7 Å². The van der Waals surface area contributed by atoms with Crippen LogP contribution in [0.25, 0.3) is 0 Å². The molecule has 1 aromatic rings. The highest BCUT2D eigenvalue weighted by Gasteiger charge is 2.21. The van der Waals surface area contributed by atoms with E-state index in [4.69, 9.17) is 9.47 Å². The summed E-state index contributed by atoms with van der Waals surface area (Å²) in [6.45, 7) is 3.64. The predicted molar refractivity (Wildman–Crippen MR) is 70.0 cm³/mol. The average molecular weight is 298 g/mol. The van der Waals surface area contributed by atoms with Crippen LogP contribution in [0.2, 0.25) is 0 Å². The van der Waals surface area contributed by atoms with Gasteiger partial charge in [0.1, 0.15) is 0 Å². The van der Waals surface area contributed by atoms with Crippen LogP contribution in [0.3, 0.4) is 0 Å². The summed E-state index contributed by atoms with van der Waals surface area (Å²) in [6, 6.07) is 4.31. The molecule has 0 radical (unpaired) electrons. The number of benzene rings is 1. The summed E-state index contributed by atoms with van der Waals surface area (Å²) in [5.41, 5.74) is 1.34. The molecule has 0 amide bonds. The summed E-state index contributed by atoms with van der Waals surface area (Å²) in [7, 11) is 0. The molecule has 17 heavy (non-hydrogen) atoms. The third-order valence-corrected chi connectivity index (χ3v) is 3.95. The third-order valence-electron chi connectivity index (χ3n) is 3.36. The maximum Gasteiger partial charge on any atom is 0.175 e. The highest BCUT2D eigenvalue weighted by molar-refractivity contribution is 9.10. The molecule has 0 saturated carbocycles. The lowest BCUT2D eigenvalue weighted by Crippen LogP contribution is -2.08. The van der Waals surface area contributed by atoms with Gasteiger partial charge in [-0.25, -0.2) is 0 Å². The monoisotopic (exact) mass is 297 g/mol. The zero-order valence-corrected chi connectivity index (χ0v) is 11.3. The van der Waals surface area contributed by atoms with Gasteiger partial charge in [-0.1, -0.05) is 0 Å². The van der Waals surface area contributed by atoms with E-state index in [1.165, 1.54) is 12.0 Å². The van der Waals surface area contributed by atoms with Gasteiger partial charge in [0, 0.05) is 13.0 Å². The molecular formula is C13H16BrNO2. The van der Waals surface area contributed by atoms with Gasteiger partial charge in [0.15, 0.2) is 11.5 Å². The van der Waals surface area contributed by atoms with Crippen LogP contribution in [0, 0.1) is 0 Å². The second-order valence-corrected chi connectivity index (χ2v) is 5.42. The Hall–Kier alpha value is -0.740. The van der Waals surface area contributed by atoms with E-state index in [1.807, 2.05) is 0 Å². The zero-order chi connectivity index (χ0) is 11.7. The molecule has 0 bridgehead atoms. The first kappa shape index (κ1) is 11.4. The third kappa shape index (κ3) is 2.29. The molecule has 1 aromatic carbocycles. The maximum absolute atomic E-state index is 5.75. The van der Waals surface area contributed by atoms with Crippen LogP contribution >= 0.6 is 15.9 Å². The molecule has 1 N–H and O–H groups in total. The average Bonchev–Trinajstić information content (AvgIpc) is 2.75. The number of halogens is 1. The van der Waals surface area contributed by atoms with Crippen LogP contribution in [0.15, 0.2) is 16.6 Å². The molecule has 3 rings (SSSR count). The van der Waals surface area contributed by atoms with Gasteiger partial charge in [-0.2, -0.15) is 0 Å². The minimum Gasteiger partial charge on any atom is -0.490 e. The first-order chi connectivity index (χ1) is 8.34. The van der Waals surface area contributed by atoms with Crippen molar-refractivity contribution in [2.45, 2.75) is 18.8 Å². The Labute approximate surface area is 110 Å². The lowest BCUT2D eigenvalue weighted by atomic mass is 9.98. The molecule has 2 heterocycles. The van der Waals surface area contributed by atoms with Crippen molar-refractivity contribution in [1.29, 1.82) is 0 Å². The lowest BCUT2D eigenvalue weighted by molar-refractivity contribution is 0.296. The number of hydrogen-bond donors (Lipinski definition) is 1. The molecule has 4 heteroatoms. The van der Waals surface area contributed by atoms with Crippen molar-refractivity contribution in [3.05, 3.63) is 22.2 Å². The summed E-state index contributed by atoms with van der Waals surface area (Å²) >= 11 is 3.59. The Bertz CT molecular complexity index is 416. The van der Waals surface area contributed by atoms with E-state index in [-0.39, 0.29) is 0 Å². The number of rotatable bonds is 1. The van der Waals surface area contributed by atoms with Crippen molar-refractivity contribution in [3.63, 3.8) is 0 Å². The molecule has 0 aliphatic carbocycles. The van der Waals surface area contributed by atoms with Gasteiger partial charge < -0.3 is 14.8 Å². The van der Waals surface area contributed by atoms with Crippen molar-refractivity contribution in [2.24, 2.45) is 0 Å². The van der Waals surface area contributed by atoms with E-state index in [1.54, 1.807) is 0 Å². The molecule has 3 nitrogen and oxygen atoms in total. The van der Waals surface area contributed by atoms with Crippen LogP contribution in [-0.2, 0) is 0 Å². The fourth-order valence-corrected chi connectivity index (χ4v) is 3.00. The molecule has 92 valence electrons. The van der Waals surface area contributed by atoms with E-state index in [2.05, 4.69) is 33.4 Å². The molecule has 1 unspecified atom stereocenters. The van der Waals surface area contributed by atoms with Gasteiger partial charge in [0.2, 0.25) is 0 Å². The Morgan fingerprint density at radius 3 is 2.94 bits per heavy atom. The SMILES string of the molecule is Brc1cc(C2CCNC2)cc2c1OCCCO2. The van der Waals surface area contributed by atoms with E-state index < -0.39 is 0 Å². The normalized spacial score (nSPS) is 23.5. The predicted octanol–water partition coefficient (Wildman–Crippen LogP) is 2.69. The minimum absolute atomic E-state index is 0.600. The summed E-state index contributed by atoms with van der Waals surface area (Å²) in [5, 5.41) is 3.40. The number of nitrogens with one attached hydrogen (secondary N) is 1. The largest absolute Gasteiger partial charge is 0.490 e. The molecular weight excluding hydrogens is 282 g/mol. The van der Waals surface area contributed by atoms with Gasteiger partial charge in [-0.15, -0.1) is 0 Å². The standard InChI is InChI=1S/C13H16BrNO2/c14-11-6-10(9-2-3-15-8-9)7-12-13(11)17-5-1-4-16-12/h6-7,9,15H,1-5,8H2. The highest BCUT2D eigenvalue weighted by atomic mass is 79.9. The first-order valence-corrected chi connectivity index (χ1v) is 6.93.